The minimum atomic E-state index is -1.66. The lowest BCUT2D eigenvalue weighted by atomic mass is 10.1. The van der Waals surface area contributed by atoms with Crippen LogP contribution in [0.5, 0.6) is 17.2 Å². The van der Waals surface area contributed by atoms with Crippen molar-refractivity contribution in [2.75, 3.05) is 20.3 Å². The first-order valence-electron chi connectivity index (χ1n) is 9.65. The van der Waals surface area contributed by atoms with Crippen molar-refractivity contribution in [2.24, 2.45) is 0 Å². The molecule has 0 bridgehead atoms. The molecule has 12 heteroatoms. The van der Waals surface area contributed by atoms with Gasteiger partial charge in [0.05, 0.1) is 25.2 Å². The highest BCUT2D eigenvalue weighted by Crippen LogP contribution is 2.37. The lowest BCUT2D eigenvalue weighted by Gasteiger charge is -2.16. The van der Waals surface area contributed by atoms with Crippen molar-refractivity contribution in [3.8, 4) is 17.2 Å². The molecule has 0 aromatic heterocycles. The van der Waals surface area contributed by atoms with Crippen molar-refractivity contribution in [1.29, 1.82) is 0 Å². The lowest BCUT2D eigenvalue weighted by molar-refractivity contribution is -0.385. The van der Waals surface area contributed by atoms with Crippen molar-refractivity contribution in [3.05, 3.63) is 57.1 Å². The lowest BCUT2D eigenvalue weighted by Crippen LogP contribution is -2.48. The first-order valence-corrected chi connectivity index (χ1v) is 10.0. The monoisotopic (exact) mass is 480 g/mol. The van der Waals surface area contributed by atoms with Gasteiger partial charge in [-0.25, -0.2) is 9.59 Å². The number of nitro benzene ring substituents is 1. The number of carbonyl (C=O) groups is 3. The summed E-state index contributed by atoms with van der Waals surface area (Å²) in [6.07, 6.45) is 0. The van der Waals surface area contributed by atoms with E-state index in [0.29, 0.717) is 0 Å². The topological polar surface area (TPSA) is 143 Å². The number of methoxy groups -OCH3 is 1. The number of halogens is 1. The van der Waals surface area contributed by atoms with Crippen LogP contribution in [0.25, 0.3) is 0 Å². The smallest absolute Gasteiger partial charge is 0.340 e. The van der Waals surface area contributed by atoms with Crippen LogP contribution in [0.2, 0.25) is 5.02 Å². The molecule has 0 aliphatic heterocycles. The van der Waals surface area contributed by atoms with Crippen LogP contribution in [0, 0.1) is 10.1 Å². The molecule has 0 atom stereocenters. The second kappa shape index (κ2) is 11.7. The number of ether oxygens (including phenoxy) is 4. The highest BCUT2D eigenvalue weighted by Gasteiger charge is 2.32. The van der Waals surface area contributed by atoms with Gasteiger partial charge in [0.15, 0.2) is 11.5 Å². The highest BCUT2D eigenvalue weighted by atomic mass is 35.5. The van der Waals surface area contributed by atoms with Crippen LogP contribution in [0.15, 0.2) is 36.4 Å². The first kappa shape index (κ1) is 25.4. The van der Waals surface area contributed by atoms with E-state index in [1.165, 1.54) is 37.4 Å². The van der Waals surface area contributed by atoms with Crippen molar-refractivity contribution in [2.45, 2.75) is 19.9 Å². The van der Waals surface area contributed by atoms with E-state index >= 15 is 0 Å². The molecule has 1 N–H and O–H groups in total. The maximum absolute atomic E-state index is 12.7. The zero-order chi connectivity index (χ0) is 24.5. The van der Waals surface area contributed by atoms with Crippen LogP contribution < -0.4 is 14.8 Å². The number of nitrogens with one attached hydrogen (secondary N) is 1. The van der Waals surface area contributed by atoms with E-state index in [2.05, 4.69) is 5.32 Å². The molecule has 0 unspecified atom stereocenters. The van der Waals surface area contributed by atoms with E-state index in [1.807, 2.05) is 0 Å². The van der Waals surface area contributed by atoms with Crippen molar-refractivity contribution >= 4 is 35.1 Å². The number of esters is 2. The van der Waals surface area contributed by atoms with Crippen molar-refractivity contribution in [3.63, 3.8) is 0 Å². The molecule has 0 heterocycles. The van der Waals surface area contributed by atoms with Gasteiger partial charge in [0.2, 0.25) is 11.8 Å². The van der Waals surface area contributed by atoms with Crippen molar-refractivity contribution in [1.82, 2.24) is 5.32 Å². The number of benzene rings is 2. The predicted molar refractivity (Wildman–Crippen MR) is 116 cm³/mol. The fourth-order valence-corrected chi connectivity index (χ4v) is 2.78. The number of nitro groups is 1. The Morgan fingerprint density at radius 1 is 1.00 bits per heavy atom. The Balaban J connectivity index is 2.29. The van der Waals surface area contributed by atoms with Crippen LogP contribution >= 0.6 is 11.6 Å². The first-order chi connectivity index (χ1) is 15.7. The van der Waals surface area contributed by atoms with Gasteiger partial charge in [-0.05, 0) is 44.2 Å². The molecule has 0 saturated carbocycles. The van der Waals surface area contributed by atoms with Gasteiger partial charge in [0.25, 0.3) is 5.91 Å². The van der Waals surface area contributed by atoms with E-state index in [9.17, 15) is 24.5 Å². The minimum absolute atomic E-state index is 0.00129. The van der Waals surface area contributed by atoms with Crippen LogP contribution in [0.1, 0.15) is 24.2 Å². The summed E-state index contributed by atoms with van der Waals surface area (Å²) >= 11 is 5.81. The fraction of sp³-hybridized carbons (Fsp3) is 0.286. The standard InChI is InChI=1S/C21H21ClN2O9/c1-4-31-20(26)18(21(27)32-5-2)23-19(25)12-6-8-16(17(10-12)30-3)33-15-9-7-13(22)11-14(15)24(28)29/h6-11,18H,4-5H2,1-3H3,(H,23,25). The van der Waals surface area contributed by atoms with Crippen LogP contribution in [0.3, 0.4) is 0 Å². The molecule has 2 aromatic carbocycles. The Hall–Kier alpha value is -3.86. The van der Waals surface area contributed by atoms with Crippen molar-refractivity contribution < 1.29 is 38.3 Å². The SMILES string of the molecule is CCOC(=O)C(NC(=O)c1ccc(Oc2ccc(Cl)cc2[N+](=O)[O-])c(OC)c1)C(=O)OCC. The highest BCUT2D eigenvalue weighted by molar-refractivity contribution is 6.30. The average molecular weight is 481 g/mol. The summed E-state index contributed by atoms with van der Waals surface area (Å²) < 4.78 is 20.5. The molecule has 11 nitrogen and oxygen atoms in total. The third-order valence-electron chi connectivity index (χ3n) is 4.08. The molecule has 0 radical (unpaired) electrons. The Morgan fingerprint density at radius 2 is 1.61 bits per heavy atom. The Kier molecular flexibility index (Phi) is 8.98. The fourth-order valence-electron chi connectivity index (χ4n) is 2.61. The number of hydrogen-bond donors (Lipinski definition) is 1. The normalized spacial score (nSPS) is 10.3. The van der Waals surface area contributed by atoms with Crippen LogP contribution in [0.4, 0.5) is 5.69 Å². The van der Waals surface area contributed by atoms with Gasteiger partial charge >= 0.3 is 17.6 Å². The molecule has 33 heavy (non-hydrogen) atoms. The number of nitrogens with zero attached hydrogens (tertiary/aromatic N) is 1. The molecule has 0 spiro atoms. The maximum atomic E-state index is 12.7. The molecule has 2 aromatic rings. The van der Waals surface area contributed by atoms with E-state index in [-0.39, 0.29) is 46.7 Å². The van der Waals surface area contributed by atoms with E-state index in [0.717, 1.165) is 6.07 Å². The Morgan fingerprint density at radius 3 is 2.15 bits per heavy atom. The summed E-state index contributed by atoms with van der Waals surface area (Å²) in [5, 5.41) is 13.7. The van der Waals surface area contributed by atoms with Crippen LogP contribution in [-0.2, 0) is 19.1 Å². The molecule has 1 amide bonds. The minimum Gasteiger partial charge on any atom is -0.493 e. The van der Waals surface area contributed by atoms with Gasteiger partial charge in [0.1, 0.15) is 0 Å². The largest absolute Gasteiger partial charge is 0.493 e. The molecular formula is C21H21ClN2O9. The molecule has 0 aliphatic carbocycles. The summed E-state index contributed by atoms with van der Waals surface area (Å²) in [7, 11) is 1.31. The zero-order valence-electron chi connectivity index (χ0n) is 18.0. The molecular weight excluding hydrogens is 460 g/mol. The molecule has 0 aliphatic rings. The number of amides is 1. The van der Waals surface area contributed by atoms with Gasteiger partial charge in [-0.15, -0.1) is 0 Å². The number of carbonyl (C=O) groups excluding carboxylic acids is 3. The quantitative estimate of drug-likeness (QED) is 0.234. The molecule has 2 rings (SSSR count). The molecule has 176 valence electrons. The van der Waals surface area contributed by atoms with E-state index in [4.69, 9.17) is 30.5 Å². The van der Waals surface area contributed by atoms with Gasteiger partial charge in [-0.1, -0.05) is 11.6 Å². The Bertz CT molecular complexity index is 1040. The summed E-state index contributed by atoms with van der Waals surface area (Å²) in [4.78, 5) is 47.4. The molecule has 0 fully saturated rings. The number of hydrogen-bond acceptors (Lipinski definition) is 9. The predicted octanol–water partition coefficient (Wildman–Crippen LogP) is 3.27. The number of rotatable bonds is 10. The second-order valence-electron chi connectivity index (χ2n) is 6.25. The summed E-state index contributed by atoms with van der Waals surface area (Å²) in [6, 6.07) is 6.16. The summed E-state index contributed by atoms with van der Waals surface area (Å²) in [5.74, 6) is -2.67. The third kappa shape index (κ3) is 6.56. The maximum Gasteiger partial charge on any atom is 0.340 e. The van der Waals surface area contributed by atoms with Gasteiger partial charge < -0.3 is 24.3 Å². The Labute approximate surface area is 193 Å². The third-order valence-corrected chi connectivity index (χ3v) is 4.32. The van der Waals surface area contributed by atoms with E-state index < -0.39 is 28.8 Å². The van der Waals surface area contributed by atoms with Gasteiger partial charge in [0, 0.05) is 16.7 Å². The van der Waals surface area contributed by atoms with Crippen LogP contribution in [-0.4, -0.2) is 49.1 Å². The van der Waals surface area contributed by atoms with Gasteiger partial charge in [-0.2, -0.15) is 0 Å². The van der Waals surface area contributed by atoms with Gasteiger partial charge in [-0.3, -0.25) is 14.9 Å². The zero-order valence-corrected chi connectivity index (χ0v) is 18.7. The second-order valence-corrected chi connectivity index (χ2v) is 6.68. The average Bonchev–Trinajstić information content (AvgIpc) is 2.78. The van der Waals surface area contributed by atoms with E-state index in [1.54, 1.807) is 13.8 Å². The molecule has 0 saturated heterocycles. The summed E-state index contributed by atoms with van der Waals surface area (Å²) in [6.45, 7) is 3.11. The summed E-state index contributed by atoms with van der Waals surface area (Å²) in [5.41, 5.74) is -0.346.